The monoisotopic (exact) mass is 335 g/mol. The molecule has 0 aliphatic carbocycles. The summed E-state index contributed by atoms with van der Waals surface area (Å²) in [7, 11) is 0. The van der Waals surface area contributed by atoms with Gasteiger partial charge in [0.2, 0.25) is 5.91 Å². The maximum atomic E-state index is 12.2. The zero-order valence-electron chi connectivity index (χ0n) is 14.2. The molecule has 1 atom stereocenters. The Kier molecular flexibility index (Phi) is 4.09. The number of carbonyl (C=O) groups is 1. The molecule has 0 unspecified atom stereocenters. The molecule has 6 nitrogen and oxygen atoms in total. The van der Waals surface area contributed by atoms with Gasteiger partial charge in [-0.1, -0.05) is 31.2 Å². The third-order valence-electron chi connectivity index (χ3n) is 4.65. The molecular formula is C19H21N5O. The van der Waals surface area contributed by atoms with E-state index in [-0.39, 0.29) is 11.8 Å². The Morgan fingerprint density at radius 3 is 3.00 bits per heavy atom. The van der Waals surface area contributed by atoms with Crippen molar-refractivity contribution >= 4 is 17.4 Å². The summed E-state index contributed by atoms with van der Waals surface area (Å²) in [5.41, 5.74) is 4.17. The first kappa shape index (κ1) is 15.6. The van der Waals surface area contributed by atoms with Gasteiger partial charge in [-0.2, -0.15) is 5.10 Å². The van der Waals surface area contributed by atoms with E-state index in [0.29, 0.717) is 13.1 Å². The Hall–Kier alpha value is -2.89. The number of rotatable bonds is 0. The lowest BCUT2D eigenvalue weighted by molar-refractivity contribution is -0.124. The van der Waals surface area contributed by atoms with E-state index >= 15 is 0 Å². The van der Waals surface area contributed by atoms with E-state index in [9.17, 15) is 4.79 Å². The standard InChI is InChI=1S/C19H21N5O/c1-13-5-6-14-3-2-4-15(11-14)16-12-22-24-10-7-17(23-18(16)24)20-8-9-21-19(13)25/h2-4,7,10-13H,5-6,8-9H2,1H3,(H,20,23)(H,21,25)/t13-/m1/s1. The van der Waals surface area contributed by atoms with Gasteiger partial charge < -0.3 is 10.6 Å². The van der Waals surface area contributed by atoms with Crippen LogP contribution in [-0.2, 0) is 11.2 Å². The van der Waals surface area contributed by atoms with Crippen molar-refractivity contribution in [2.75, 3.05) is 18.4 Å². The second-order valence-corrected chi connectivity index (χ2v) is 6.50. The molecule has 0 radical (unpaired) electrons. The lowest BCUT2D eigenvalue weighted by atomic mass is 9.98. The first-order chi connectivity index (χ1) is 12.2. The molecule has 6 heteroatoms. The van der Waals surface area contributed by atoms with Crippen LogP contribution >= 0.6 is 0 Å². The van der Waals surface area contributed by atoms with Gasteiger partial charge in [-0.25, -0.2) is 9.50 Å². The van der Waals surface area contributed by atoms with Gasteiger partial charge >= 0.3 is 0 Å². The molecule has 0 spiro atoms. The van der Waals surface area contributed by atoms with E-state index in [0.717, 1.165) is 35.4 Å². The Morgan fingerprint density at radius 1 is 1.20 bits per heavy atom. The lowest BCUT2D eigenvalue weighted by Gasteiger charge is -2.12. The number of anilines is 1. The van der Waals surface area contributed by atoms with Crippen LogP contribution < -0.4 is 10.6 Å². The van der Waals surface area contributed by atoms with Crippen molar-refractivity contribution in [1.82, 2.24) is 19.9 Å². The van der Waals surface area contributed by atoms with Crippen LogP contribution in [0, 0.1) is 5.92 Å². The SMILES string of the molecule is C[C@@H]1CCc2cccc(c2)-c2cnn3ccc(nc23)NCCNC1=O. The molecule has 0 fully saturated rings. The lowest BCUT2D eigenvalue weighted by Crippen LogP contribution is -2.33. The Morgan fingerprint density at radius 2 is 2.08 bits per heavy atom. The highest BCUT2D eigenvalue weighted by Crippen LogP contribution is 2.25. The van der Waals surface area contributed by atoms with Crippen molar-refractivity contribution in [3.63, 3.8) is 0 Å². The summed E-state index contributed by atoms with van der Waals surface area (Å²) in [5.74, 6) is 0.881. The second-order valence-electron chi connectivity index (χ2n) is 6.50. The average molecular weight is 335 g/mol. The van der Waals surface area contributed by atoms with Crippen molar-refractivity contribution in [2.24, 2.45) is 5.92 Å². The summed E-state index contributed by atoms with van der Waals surface area (Å²) in [6.07, 6.45) is 5.46. The predicted molar refractivity (Wildman–Crippen MR) is 97.4 cm³/mol. The third-order valence-corrected chi connectivity index (χ3v) is 4.65. The highest BCUT2D eigenvalue weighted by Gasteiger charge is 2.14. The predicted octanol–water partition coefficient (Wildman–Crippen LogP) is 2.51. The Labute approximate surface area is 146 Å². The van der Waals surface area contributed by atoms with Crippen molar-refractivity contribution in [2.45, 2.75) is 19.8 Å². The Balaban J connectivity index is 1.77. The number of aromatic nitrogens is 3. The molecule has 2 N–H and O–H groups in total. The summed E-state index contributed by atoms with van der Waals surface area (Å²) >= 11 is 0. The first-order valence-electron chi connectivity index (χ1n) is 8.66. The summed E-state index contributed by atoms with van der Waals surface area (Å²) in [6.45, 7) is 3.20. The number of hydrogen-bond acceptors (Lipinski definition) is 4. The molecule has 3 heterocycles. The van der Waals surface area contributed by atoms with Gasteiger partial charge in [-0.3, -0.25) is 4.79 Å². The van der Waals surface area contributed by atoms with Crippen LogP contribution in [0.25, 0.3) is 16.8 Å². The highest BCUT2D eigenvalue weighted by atomic mass is 16.1. The van der Waals surface area contributed by atoms with E-state index in [4.69, 9.17) is 4.98 Å². The third kappa shape index (κ3) is 3.20. The number of benzene rings is 1. The number of nitrogens with zero attached hydrogens (tertiary/aromatic N) is 3. The minimum Gasteiger partial charge on any atom is -0.368 e. The number of hydrogen-bond donors (Lipinski definition) is 2. The summed E-state index contributed by atoms with van der Waals surface area (Å²) in [5, 5.41) is 10.7. The summed E-state index contributed by atoms with van der Waals surface area (Å²) < 4.78 is 1.79. The number of carbonyl (C=O) groups excluding carboxylic acids is 1. The fourth-order valence-electron chi connectivity index (χ4n) is 3.13. The maximum Gasteiger partial charge on any atom is 0.222 e. The molecule has 3 aromatic rings. The van der Waals surface area contributed by atoms with Crippen LogP contribution in [0.1, 0.15) is 18.9 Å². The molecule has 4 bridgehead atoms. The number of amides is 1. The van der Waals surface area contributed by atoms with Crippen LogP contribution in [0.4, 0.5) is 5.82 Å². The van der Waals surface area contributed by atoms with Crippen molar-refractivity contribution < 1.29 is 4.79 Å². The van der Waals surface area contributed by atoms with Gasteiger partial charge in [0, 0.05) is 30.8 Å². The molecule has 128 valence electrons. The molecule has 0 saturated carbocycles. The molecule has 1 aromatic carbocycles. The minimum atomic E-state index is -0.00388. The molecule has 4 rings (SSSR count). The van der Waals surface area contributed by atoms with Crippen molar-refractivity contribution in [3.05, 3.63) is 48.3 Å². The maximum absolute atomic E-state index is 12.2. The molecule has 0 saturated heterocycles. The van der Waals surface area contributed by atoms with E-state index in [1.54, 1.807) is 4.52 Å². The van der Waals surface area contributed by atoms with Gasteiger partial charge in [0.15, 0.2) is 5.65 Å². The van der Waals surface area contributed by atoms with Crippen LogP contribution in [0.15, 0.2) is 42.7 Å². The highest BCUT2D eigenvalue weighted by molar-refractivity contribution is 5.79. The number of aryl methyl sites for hydroxylation is 1. The largest absolute Gasteiger partial charge is 0.368 e. The zero-order chi connectivity index (χ0) is 17.2. The van der Waals surface area contributed by atoms with Crippen molar-refractivity contribution in [3.8, 4) is 11.1 Å². The van der Waals surface area contributed by atoms with Gasteiger partial charge in [-0.15, -0.1) is 0 Å². The fourth-order valence-corrected chi connectivity index (χ4v) is 3.13. The van der Waals surface area contributed by atoms with Crippen LogP contribution in [0.2, 0.25) is 0 Å². The minimum absolute atomic E-state index is 0.00388. The molecule has 1 aliphatic rings. The first-order valence-corrected chi connectivity index (χ1v) is 8.66. The molecule has 25 heavy (non-hydrogen) atoms. The smallest absolute Gasteiger partial charge is 0.222 e. The van der Waals surface area contributed by atoms with E-state index in [1.807, 2.05) is 25.4 Å². The topological polar surface area (TPSA) is 71.3 Å². The second kappa shape index (κ2) is 6.55. The van der Waals surface area contributed by atoms with E-state index in [1.165, 1.54) is 5.56 Å². The van der Waals surface area contributed by atoms with E-state index in [2.05, 4.69) is 40.0 Å². The van der Waals surface area contributed by atoms with Gasteiger partial charge in [0.1, 0.15) is 5.82 Å². The van der Waals surface area contributed by atoms with Crippen LogP contribution in [0.3, 0.4) is 0 Å². The molecule has 1 amide bonds. The summed E-state index contributed by atoms with van der Waals surface area (Å²) in [4.78, 5) is 16.9. The normalized spacial score (nSPS) is 18.3. The molecule has 2 aromatic heterocycles. The number of nitrogens with one attached hydrogen (secondary N) is 2. The van der Waals surface area contributed by atoms with Crippen LogP contribution in [0.5, 0.6) is 0 Å². The molecule has 1 aliphatic heterocycles. The van der Waals surface area contributed by atoms with Crippen LogP contribution in [-0.4, -0.2) is 33.6 Å². The van der Waals surface area contributed by atoms with Gasteiger partial charge in [-0.05, 0) is 30.0 Å². The summed E-state index contributed by atoms with van der Waals surface area (Å²) in [6, 6.07) is 10.3. The zero-order valence-corrected chi connectivity index (χ0v) is 14.2. The quantitative estimate of drug-likeness (QED) is 0.662. The molecular weight excluding hydrogens is 314 g/mol. The van der Waals surface area contributed by atoms with Crippen molar-refractivity contribution in [1.29, 1.82) is 0 Å². The Bertz CT molecular complexity index is 917. The van der Waals surface area contributed by atoms with Gasteiger partial charge in [0.25, 0.3) is 0 Å². The van der Waals surface area contributed by atoms with Gasteiger partial charge in [0.05, 0.1) is 6.20 Å². The van der Waals surface area contributed by atoms with E-state index < -0.39 is 0 Å². The number of fused-ring (bicyclic) bond motifs is 4. The fraction of sp³-hybridized carbons (Fsp3) is 0.316. The average Bonchev–Trinajstić information content (AvgIpc) is 3.06.